The molecule has 0 saturated carbocycles. The van der Waals surface area contributed by atoms with Gasteiger partial charge < -0.3 is 10.4 Å². The number of benzene rings is 1. The summed E-state index contributed by atoms with van der Waals surface area (Å²) < 4.78 is 13.5. The van der Waals surface area contributed by atoms with Crippen molar-refractivity contribution < 1.29 is 14.3 Å². The molecule has 1 atom stereocenters. The quantitative estimate of drug-likeness (QED) is 0.885. The first kappa shape index (κ1) is 15.9. The number of amides is 1. The molecule has 1 aromatic rings. The van der Waals surface area contributed by atoms with Crippen molar-refractivity contribution in [3.63, 3.8) is 0 Å². The lowest BCUT2D eigenvalue weighted by Crippen LogP contribution is -2.40. The summed E-state index contributed by atoms with van der Waals surface area (Å²) >= 11 is 0. The standard InChI is InChI=1S/C16H23FN2O2/c1-15(2)10-19(11-16(15,3)21)9-14(20)18-8-12-6-4-5-7-13(12)17/h4-7,21H,8-11H2,1-3H3,(H,18,20)/t16-/m0/s1. The minimum absolute atomic E-state index is 0.160. The Morgan fingerprint density at radius 3 is 2.57 bits per heavy atom. The number of carbonyl (C=O) groups excluding carboxylic acids is 1. The predicted molar refractivity (Wildman–Crippen MR) is 79.1 cm³/mol. The maximum Gasteiger partial charge on any atom is 0.234 e. The van der Waals surface area contributed by atoms with Gasteiger partial charge in [-0.3, -0.25) is 9.69 Å². The van der Waals surface area contributed by atoms with Crippen LogP contribution in [0.2, 0.25) is 0 Å². The molecule has 0 spiro atoms. The van der Waals surface area contributed by atoms with Crippen LogP contribution in [0.4, 0.5) is 4.39 Å². The molecule has 5 heteroatoms. The van der Waals surface area contributed by atoms with Crippen LogP contribution in [0.5, 0.6) is 0 Å². The Bertz CT molecular complexity index is 513. The van der Waals surface area contributed by atoms with Crippen molar-refractivity contribution in [2.24, 2.45) is 5.41 Å². The summed E-state index contributed by atoms with van der Waals surface area (Å²) in [5, 5.41) is 13.0. The number of β-amino-alcohol motifs (C(OH)–C–C–N with tert-alkyl or cyclic N) is 1. The van der Waals surface area contributed by atoms with E-state index >= 15 is 0 Å². The highest BCUT2D eigenvalue weighted by atomic mass is 19.1. The molecule has 0 unspecified atom stereocenters. The molecular formula is C16H23FN2O2. The largest absolute Gasteiger partial charge is 0.388 e. The second-order valence-electron chi connectivity index (χ2n) is 6.67. The first-order valence-electron chi connectivity index (χ1n) is 7.16. The van der Waals surface area contributed by atoms with E-state index in [4.69, 9.17) is 0 Å². The van der Waals surface area contributed by atoms with E-state index in [9.17, 15) is 14.3 Å². The van der Waals surface area contributed by atoms with Crippen LogP contribution in [0.25, 0.3) is 0 Å². The first-order chi connectivity index (χ1) is 9.71. The van der Waals surface area contributed by atoms with Gasteiger partial charge in [0.25, 0.3) is 0 Å². The van der Waals surface area contributed by atoms with Crippen molar-refractivity contribution in [1.82, 2.24) is 10.2 Å². The molecule has 21 heavy (non-hydrogen) atoms. The summed E-state index contributed by atoms with van der Waals surface area (Å²) in [5.41, 5.74) is -0.586. The SMILES string of the molecule is CC1(C)CN(CC(=O)NCc2ccccc2F)C[C@]1(C)O. The Morgan fingerprint density at radius 1 is 1.33 bits per heavy atom. The van der Waals surface area contributed by atoms with Crippen LogP contribution in [-0.4, -0.2) is 41.1 Å². The monoisotopic (exact) mass is 294 g/mol. The number of halogens is 1. The molecule has 1 saturated heterocycles. The molecule has 2 N–H and O–H groups in total. The number of rotatable bonds is 4. The first-order valence-corrected chi connectivity index (χ1v) is 7.16. The van der Waals surface area contributed by atoms with E-state index in [1.54, 1.807) is 25.1 Å². The van der Waals surface area contributed by atoms with E-state index < -0.39 is 5.60 Å². The molecular weight excluding hydrogens is 271 g/mol. The molecule has 116 valence electrons. The third kappa shape index (κ3) is 3.60. The third-order valence-electron chi connectivity index (χ3n) is 4.41. The van der Waals surface area contributed by atoms with Gasteiger partial charge in [-0.1, -0.05) is 32.0 Å². The minimum atomic E-state index is -0.807. The lowest BCUT2D eigenvalue weighted by Gasteiger charge is -2.31. The number of aliphatic hydroxyl groups is 1. The fourth-order valence-electron chi connectivity index (χ4n) is 2.64. The lowest BCUT2D eigenvalue weighted by molar-refractivity contribution is -0.122. The van der Waals surface area contributed by atoms with E-state index in [1.807, 2.05) is 18.7 Å². The zero-order chi connectivity index (χ0) is 15.7. The van der Waals surface area contributed by atoms with E-state index in [0.29, 0.717) is 18.7 Å². The summed E-state index contributed by atoms with van der Waals surface area (Å²) in [6, 6.07) is 6.39. The van der Waals surface area contributed by atoms with Crippen LogP contribution in [0.3, 0.4) is 0 Å². The Kier molecular flexibility index (Phi) is 4.35. The number of likely N-dealkylation sites (tertiary alicyclic amines) is 1. The highest BCUT2D eigenvalue weighted by molar-refractivity contribution is 5.78. The molecule has 0 aliphatic carbocycles. The summed E-state index contributed by atoms with van der Waals surface area (Å²) in [6.07, 6.45) is 0. The van der Waals surface area contributed by atoms with Gasteiger partial charge in [-0.25, -0.2) is 4.39 Å². The second-order valence-corrected chi connectivity index (χ2v) is 6.67. The zero-order valence-electron chi connectivity index (χ0n) is 12.8. The summed E-state index contributed by atoms with van der Waals surface area (Å²) in [4.78, 5) is 13.9. The van der Waals surface area contributed by atoms with Crippen LogP contribution < -0.4 is 5.32 Å². The van der Waals surface area contributed by atoms with Crippen molar-refractivity contribution in [3.05, 3.63) is 35.6 Å². The highest BCUT2D eigenvalue weighted by Crippen LogP contribution is 2.37. The maximum absolute atomic E-state index is 13.5. The Morgan fingerprint density at radius 2 is 2.00 bits per heavy atom. The Balaban J connectivity index is 1.85. The molecule has 2 rings (SSSR count). The number of nitrogens with one attached hydrogen (secondary N) is 1. The average molecular weight is 294 g/mol. The van der Waals surface area contributed by atoms with E-state index in [1.165, 1.54) is 6.07 Å². The average Bonchev–Trinajstić information content (AvgIpc) is 2.56. The third-order valence-corrected chi connectivity index (χ3v) is 4.41. The molecule has 0 radical (unpaired) electrons. The molecule has 1 aliphatic heterocycles. The molecule has 4 nitrogen and oxygen atoms in total. The van der Waals surface area contributed by atoms with Crippen molar-refractivity contribution in [3.8, 4) is 0 Å². The van der Waals surface area contributed by atoms with E-state index in [2.05, 4.69) is 5.32 Å². The summed E-state index contributed by atoms with van der Waals surface area (Å²) in [7, 11) is 0. The van der Waals surface area contributed by atoms with Gasteiger partial charge in [0.15, 0.2) is 0 Å². The van der Waals surface area contributed by atoms with Crippen molar-refractivity contribution in [2.45, 2.75) is 32.9 Å². The predicted octanol–water partition coefficient (Wildman–Crippen LogP) is 1.53. The summed E-state index contributed by atoms with van der Waals surface area (Å²) in [5.74, 6) is -0.477. The second kappa shape index (κ2) is 5.73. The van der Waals surface area contributed by atoms with Gasteiger partial charge in [0.1, 0.15) is 5.82 Å². The van der Waals surface area contributed by atoms with Gasteiger partial charge >= 0.3 is 0 Å². The van der Waals surface area contributed by atoms with Crippen LogP contribution in [0.1, 0.15) is 26.3 Å². The van der Waals surface area contributed by atoms with E-state index in [0.717, 1.165) is 0 Å². The van der Waals surface area contributed by atoms with Crippen molar-refractivity contribution in [2.75, 3.05) is 19.6 Å². The van der Waals surface area contributed by atoms with Crippen LogP contribution >= 0.6 is 0 Å². The maximum atomic E-state index is 13.5. The van der Waals surface area contributed by atoms with Crippen LogP contribution in [-0.2, 0) is 11.3 Å². The topological polar surface area (TPSA) is 52.6 Å². The van der Waals surface area contributed by atoms with Gasteiger partial charge in [-0.15, -0.1) is 0 Å². The zero-order valence-corrected chi connectivity index (χ0v) is 12.8. The number of hydrogen-bond donors (Lipinski definition) is 2. The van der Waals surface area contributed by atoms with Crippen LogP contribution in [0, 0.1) is 11.2 Å². The van der Waals surface area contributed by atoms with Gasteiger partial charge in [0, 0.05) is 30.6 Å². The number of hydrogen-bond acceptors (Lipinski definition) is 3. The van der Waals surface area contributed by atoms with Gasteiger partial charge in [-0.2, -0.15) is 0 Å². The molecule has 1 fully saturated rings. The van der Waals surface area contributed by atoms with Gasteiger partial charge in [0.05, 0.1) is 12.1 Å². The van der Waals surface area contributed by atoms with Crippen LogP contribution in [0.15, 0.2) is 24.3 Å². The number of nitrogens with zero attached hydrogens (tertiary/aromatic N) is 1. The fourth-order valence-corrected chi connectivity index (χ4v) is 2.64. The highest BCUT2D eigenvalue weighted by Gasteiger charge is 2.47. The minimum Gasteiger partial charge on any atom is -0.388 e. The van der Waals surface area contributed by atoms with E-state index in [-0.39, 0.29) is 30.2 Å². The lowest BCUT2D eigenvalue weighted by atomic mass is 9.79. The van der Waals surface area contributed by atoms with Gasteiger partial charge in [-0.05, 0) is 13.0 Å². The Hall–Kier alpha value is -1.46. The molecule has 0 aromatic heterocycles. The molecule has 1 amide bonds. The van der Waals surface area contributed by atoms with Crippen molar-refractivity contribution >= 4 is 5.91 Å². The summed E-state index contributed by atoms with van der Waals surface area (Å²) in [6.45, 7) is 7.30. The fraction of sp³-hybridized carbons (Fsp3) is 0.562. The molecule has 1 aromatic carbocycles. The number of carbonyl (C=O) groups is 1. The van der Waals surface area contributed by atoms with Crippen molar-refractivity contribution in [1.29, 1.82) is 0 Å². The molecule has 1 heterocycles. The molecule has 0 bridgehead atoms. The smallest absolute Gasteiger partial charge is 0.234 e. The Labute approximate surface area is 125 Å². The molecule has 1 aliphatic rings. The van der Waals surface area contributed by atoms with Gasteiger partial charge in [0.2, 0.25) is 5.91 Å². The normalized spacial score (nSPS) is 25.0.